The summed E-state index contributed by atoms with van der Waals surface area (Å²) in [6, 6.07) is 16.9. The lowest BCUT2D eigenvalue weighted by Crippen LogP contribution is -2.35. The van der Waals surface area contributed by atoms with Gasteiger partial charge in [-0.05, 0) is 67.2 Å². The molecule has 2 aromatic carbocycles. The Labute approximate surface area is 214 Å². The van der Waals surface area contributed by atoms with Crippen LogP contribution in [0, 0.1) is 0 Å². The van der Waals surface area contributed by atoms with Crippen LogP contribution in [0.25, 0.3) is 10.9 Å². The molecule has 2 aromatic heterocycles. The van der Waals surface area contributed by atoms with E-state index in [-0.39, 0.29) is 12.1 Å². The van der Waals surface area contributed by atoms with Crippen LogP contribution in [0.1, 0.15) is 18.1 Å². The number of fused-ring (bicyclic) bond motifs is 1. The van der Waals surface area contributed by atoms with Crippen LogP contribution >= 0.6 is 12.2 Å². The molecule has 36 heavy (non-hydrogen) atoms. The summed E-state index contributed by atoms with van der Waals surface area (Å²) in [6.45, 7) is 3.30. The lowest BCUT2D eigenvalue weighted by molar-refractivity contribution is 0.340. The third kappa shape index (κ3) is 5.92. The Bertz CT molecular complexity index is 1390. The topological polar surface area (TPSA) is 88.7 Å². The lowest BCUT2D eigenvalue weighted by Gasteiger charge is -2.26. The van der Waals surface area contributed by atoms with Gasteiger partial charge in [0.05, 0.1) is 32.9 Å². The zero-order chi connectivity index (χ0) is 25.5. The van der Waals surface area contributed by atoms with Gasteiger partial charge >= 0.3 is 0 Å². The van der Waals surface area contributed by atoms with Crippen LogP contribution in [0.2, 0.25) is 0 Å². The first-order chi connectivity index (χ1) is 17.5. The number of thiocarbonyl (C=S) groups is 1. The van der Waals surface area contributed by atoms with Gasteiger partial charge in [-0.15, -0.1) is 0 Å². The maximum atomic E-state index is 13.0. The number of anilines is 1. The van der Waals surface area contributed by atoms with E-state index in [4.69, 9.17) is 26.4 Å². The lowest BCUT2D eigenvalue weighted by atomic mass is 10.1. The van der Waals surface area contributed by atoms with Crippen molar-refractivity contribution in [1.82, 2.24) is 14.9 Å². The summed E-state index contributed by atoms with van der Waals surface area (Å²) in [5.41, 5.74) is 2.82. The van der Waals surface area contributed by atoms with E-state index in [0.29, 0.717) is 40.8 Å². The number of hydrogen-bond donors (Lipinski definition) is 2. The van der Waals surface area contributed by atoms with Gasteiger partial charge in [0, 0.05) is 41.6 Å². The van der Waals surface area contributed by atoms with Crippen molar-refractivity contribution < 1.29 is 14.2 Å². The molecule has 0 fully saturated rings. The molecule has 4 aromatic rings. The third-order valence-corrected chi connectivity index (χ3v) is 5.95. The highest BCUT2D eigenvalue weighted by molar-refractivity contribution is 7.80. The molecule has 2 N–H and O–H groups in total. The number of ether oxygens (including phenoxy) is 3. The summed E-state index contributed by atoms with van der Waals surface area (Å²) in [5, 5.41) is 4.58. The summed E-state index contributed by atoms with van der Waals surface area (Å²) in [4.78, 5) is 22.1. The standard InChI is InChI=1S/C27H28N4O4S/c1-4-35-22-9-7-21(8-10-22)29-27(36)31(16-18-6-5-11-28-15-18)17-20-12-19-13-24(33-2)25(34-3)14-23(19)30-26(20)32/h5-15H,4,16-17H2,1-3H3,(H,29,36)(H,30,32). The number of rotatable bonds is 9. The molecular formula is C27H28N4O4S. The van der Waals surface area contributed by atoms with Crippen LogP contribution in [-0.2, 0) is 13.1 Å². The highest BCUT2D eigenvalue weighted by Gasteiger charge is 2.16. The Kier molecular flexibility index (Phi) is 8.02. The number of methoxy groups -OCH3 is 2. The van der Waals surface area contributed by atoms with E-state index in [1.54, 1.807) is 32.7 Å². The number of aromatic nitrogens is 2. The van der Waals surface area contributed by atoms with E-state index < -0.39 is 0 Å². The molecule has 8 nitrogen and oxygen atoms in total. The first-order valence-electron chi connectivity index (χ1n) is 11.5. The van der Waals surface area contributed by atoms with Crippen LogP contribution < -0.4 is 25.1 Å². The van der Waals surface area contributed by atoms with Crippen molar-refractivity contribution in [1.29, 1.82) is 0 Å². The minimum Gasteiger partial charge on any atom is -0.494 e. The number of nitrogens with zero attached hydrogens (tertiary/aromatic N) is 2. The second-order valence-corrected chi connectivity index (χ2v) is 8.41. The quantitative estimate of drug-likeness (QED) is 0.316. The smallest absolute Gasteiger partial charge is 0.253 e. The zero-order valence-electron chi connectivity index (χ0n) is 20.4. The average Bonchev–Trinajstić information content (AvgIpc) is 2.89. The van der Waals surface area contributed by atoms with Crippen LogP contribution in [0.15, 0.2) is 71.8 Å². The van der Waals surface area contributed by atoms with E-state index in [1.165, 1.54) is 0 Å². The summed E-state index contributed by atoms with van der Waals surface area (Å²) in [7, 11) is 3.14. The van der Waals surface area contributed by atoms with Crippen LogP contribution in [0.4, 0.5) is 5.69 Å². The molecular weight excluding hydrogens is 476 g/mol. The Morgan fingerprint density at radius 1 is 1.06 bits per heavy atom. The maximum absolute atomic E-state index is 13.0. The number of pyridine rings is 2. The van der Waals surface area contributed by atoms with Gasteiger partial charge in [-0.1, -0.05) is 6.07 Å². The van der Waals surface area contributed by atoms with Gasteiger partial charge in [0.15, 0.2) is 16.6 Å². The fraction of sp³-hybridized carbons (Fsp3) is 0.222. The average molecular weight is 505 g/mol. The number of aromatic amines is 1. The van der Waals surface area contributed by atoms with Gasteiger partial charge in [0.1, 0.15) is 5.75 Å². The van der Waals surface area contributed by atoms with Gasteiger partial charge in [-0.2, -0.15) is 0 Å². The summed E-state index contributed by atoms with van der Waals surface area (Å²) in [5.74, 6) is 1.92. The second-order valence-electron chi connectivity index (χ2n) is 8.02. The first kappa shape index (κ1) is 25.0. The molecule has 9 heteroatoms. The van der Waals surface area contributed by atoms with Gasteiger partial charge in [-0.3, -0.25) is 9.78 Å². The second kappa shape index (κ2) is 11.5. The van der Waals surface area contributed by atoms with Gasteiger partial charge < -0.3 is 29.4 Å². The van der Waals surface area contributed by atoms with E-state index in [0.717, 1.165) is 22.4 Å². The molecule has 0 unspecified atom stereocenters. The molecule has 0 spiro atoms. The van der Waals surface area contributed by atoms with E-state index >= 15 is 0 Å². The minimum atomic E-state index is -0.199. The van der Waals surface area contributed by atoms with Crippen molar-refractivity contribution in [2.75, 3.05) is 26.1 Å². The molecule has 0 aliphatic heterocycles. The van der Waals surface area contributed by atoms with Gasteiger partial charge in [-0.25, -0.2) is 0 Å². The molecule has 0 amide bonds. The largest absolute Gasteiger partial charge is 0.494 e. The summed E-state index contributed by atoms with van der Waals surface area (Å²) < 4.78 is 16.3. The molecule has 186 valence electrons. The summed E-state index contributed by atoms with van der Waals surface area (Å²) in [6.07, 6.45) is 3.51. The Balaban J connectivity index is 1.63. The molecule has 0 saturated carbocycles. The van der Waals surface area contributed by atoms with E-state index in [9.17, 15) is 4.79 Å². The van der Waals surface area contributed by atoms with Crippen molar-refractivity contribution in [3.8, 4) is 17.2 Å². The molecule has 4 rings (SSSR count). The van der Waals surface area contributed by atoms with Crippen LogP contribution in [-0.4, -0.2) is 40.8 Å². The van der Waals surface area contributed by atoms with E-state index in [2.05, 4.69) is 15.3 Å². The Morgan fingerprint density at radius 3 is 2.47 bits per heavy atom. The van der Waals surface area contributed by atoms with Crippen LogP contribution in [0.3, 0.4) is 0 Å². The first-order valence-corrected chi connectivity index (χ1v) is 11.9. The minimum absolute atomic E-state index is 0.199. The molecule has 0 radical (unpaired) electrons. The number of nitrogens with one attached hydrogen (secondary N) is 2. The number of H-pyrrole nitrogens is 1. The Hall–Kier alpha value is -4.11. The van der Waals surface area contributed by atoms with E-state index in [1.807, 2.05) is 60.4 Å². The van der Waals surface area contributed by atoms with Crippen LogP contribution in [0.5, 0.6) is 17.2 Å². The maximum Gasteiger partial charge on any atom is 0.253 e. The summed E-state index contributed by atoms with van der Waals surface area (Å²) >= 11 is 5.77. The molecule has 2 heterocycles. The highest BCUT2D eigenvalue weighted by Crippen LogP contribution is 2.31. The molecule has 0 saturated heterocycles. The fourth-order valence-electron chi connectivity index (χ4n) is 3.82. The van der Waals surface area contributed by atoms with Gasteiger partial charge in [0.2, 0.25) is 0 Å². The molecule has 0 aliphatic carbocycles. The van der Waals surface area contributed by atoms with Crippen molar-refractivity contribution in [3.63, 3.8) is 0 Å². The fourth-order valence-corrected chi connectivity index (χ4v) is 4.06. The Morgan fingerprint density at radius 2 is 1.81 bits per heavy atom. The van der Waals surface area contributed by atoms with Crippen molar-refractivity contribution in [2.45, 2.75) is 20.0 Å². The monoisotopic (exact) mass is 504 g/mol. The van der Waals surface area contributed by atoms with Crippen molar-refractivity contribution in [2.24, 2.45) is 0 Å². The highest BCUT2D eigenvalue weighted by atomic mass is 32.1. The van der Waals surface area contributed by atoms with Crippen molar-refractivity contribution in [3.05, 3.63) is 88.5 Å². The SMILES string of the molecule is CCOc1ccc(NC(=S)N(Cc2cccnc2)Cc2cc3cc(OC)c(OC)cc3[nH]c2=O)cc1. The van der Waals surface area contributed by atoms with Gasteiger partial charge in [0.25, 0.3) is 5.56 Å². The third-order valence-electron chi connectivity index (χ3n) is 5.59. The normalized spacial score (nSPS) is 10.6. The molecule has 0 aliphatic rings. The van der Waals surface area contributed by atoms with Crippen molar-refractivity contribution >= 4 is 33.9 Å². The predicted octanol–water partition coefficient (Wildman–Crippen LogP) is 4.74. The molecule has 0 atom stereocenters. The number of hydrogen-bond acceptors (Lipinski definition) is 6. The number of benzene rings is 2. The molecule has 0 bridgehead atoms. The zero-order valence-corrected chi connectivity index (χ0v) is 21.2. The predicted molar refractivity (Wildman–Crippen MR) is 145 cm³/mol.